The van der Waals surface area contributed by atoms with Gasteiger partial charge in [0.05, 0.1) is 5.56 Å². The van der Waals surface area contributed by atoms with Gasteiger partial charge < -0.3 is 15.3 Å². The van der Waals surface area contributed by atoms with Crippen molar-refractivity contribution in [1.29, 1.82) is 0 Å². The highest BCUT2D eigenvalue weighted by molar-refractivity contribution is 5.96. The van der Waals surface area contributed by atoms with E-state index in [1.54, 1.807) is 0 Å². The number of hydrogen-bond donors (Lipinski definition) is 2. The van der Waals surface area contributed by atoms with E-state index in [0.717, 1.165) is 18.2 Å². The lowest BCUT2D eigenvalue weighted by atomic mass is 10.1. The summed E-state index contributed by atoms with van der Waals surface area (Å²) in [6.07, 6.45) is 0.148. The minimum Gasteiger partial charge on any atom is -0.507 e. The van der Waals surface area contributed by atoms with Crippen molar-refractivity contribution in [2.45, 2.75) is 6.42 Å². The van der Waals surface area contributed by atoms with Gasteiger partial charge in [0, 0.05) is 27.1 Å². The van der Waals surface area contributed by atoms with Crippen LogP contribution in [0.2, 0.25) is 0 Å². The molecule has 0 bridgehead atoms. The lowest BCUT2D eigenvalue weighted by Crippen LogP contribution is -2.31. The number of benzene rings is 1. The van der Waals surface area contributed by atoms with Crippen LogP contribution in [0, 0.1) is 5.82 Å². The second-order valence-electron chi connectivity index (χ2n) is 3.81. The summed E-state index contributed by atoms with van der Waals surface area (Å²) in [5.74, 6) is -1.61. The first kappa shape index (κ1) is 14.0. The second-order valence-corrected chi connectivity index (χ2v) is 3.81. The number of hydrogen-bond acceptors (Lipinski definition) is 3. The molecular formula is C12H15FN2O3. The van der Waals surface area contributed by atoms with Gasteiger partial charge in [0.25, 0.3) is 5.91 Å². The van der Waals surface area contributed by atoms with Crippen LogP contribution in [0.25, 0.3) is 0 Å². The van der Waals surface area contributed by atoms with E-state index in [2.05, 4.69) is 5.32 Å². The third kappa shape index (κ3) is 3.44. The zero-order valence-electron chi connectivity index (χ0n) is 10.2. The Bertz CT molecular complexity index is 463. The van der Waals surface area contributed by atoms with Crippen LogP contribution in [-0.4, -0.2) is 42.5 Å². The van der Waals surface area contributed by atoms with E-state index in [1.165, 1.54) is 19.0 Å². The standard InChI is InChI=1S/C12H15FN2O3/c1-14-11(17)5-6-15(2)12(18)9-7-8(13)3-4-10(9)16/h3-4,7,16H,5-6H2,1-2H3,(H,14,17). The average Bonchev–Trinajstić information content (AvgIpc) is 2.37. The van der Waals surface area contributed by atoms with Crippen molar-refractivity contribution < 1.29 is 19.1 Å². The van der Waals surface area contributed by atoms with Crippen LogP contribution in [0.5, 0.6) is 5.75 Å². The van der Waals surface area contributed by atoms with Crippen LogP contribution in [-0.2, 0) is 4.79 Å². The number of rotatable bonds is 4. The van der Waals surface area contributed by atoms with Crippen LogP contribution in [0.4, 0.5) is 4.39 Å². The van der Waals surface area contributed by atoms with Gasteiger partial charge in [-0.05, 0) is 18.2 Å². The Kier molecular flexibility index (Phi) is 4.65. The zero-order chi connectivity index (χ0) is 13.7. The van der Waals surface area contributed by atoms with E-state index in [0.29, 0.717) is 0 Å². The summed E-state index contributed by atoms with van der Waals surface area (Å²) in [5.41, 5.74) is -0.116. The minimum atomic E-state index is -0.601. The highest BCUT2D eigenvalue weighted by Gasteiger charge is 2.17. The third-order valence-electron chi connectivity index (χ3n) is 2.49. The van der Waals surface area contributed by atoms with Crippen LogP contribution in [0.3, 0.4) is 0 Å². The van der Waals surface area contributed by atoms with Crippen LogP contribution in [0.15, 0.2) is 18.2 Å². The Labute approximate surface area is 104 Å². The number of phenols is 1. The molecule has 0 atom stereocenters. The molecule has 1 aromatic rings. The van der Waals surface area contributed by atoms with Gasteiger partial charge in [-0.2, -0.15) is 0 Å². The van der Waals surface area contributed by atoms with Gasteiger partial charge in [-0.1, -0.05) is 0 Å². The summed E-state index contributed by atoms with van der Waals surface area (Å²) >= 11 is 0. The Morgan fingerprint density at radius 2 is 2.11 bits per heavy atom. The quantitative estimate of drug-likeness (QED) is 0.832. The van der Waals surface area contributed by atoms with E-state index in [1.807, 2.05) is 0 Å². The summed E-state index contributed by atoms with van der Waals surface area (Å²) in [6, 6.07) is 3.15. The molecule has 2 amide bonds. The van der Waals surface area contributed by atoms with Gasteiger partial charge in [-0.3, -0.25) is 9.59 Å². The molecule has 0 radical (unpaired) electrons. The lowest BCUT2D eigenvalue weighted by molar-refractivity contribution is -0.120. The molecule has 0 spiro atoms. The Balaban J connectivity index is 2.74. The van der Waals surface area contributed by atoms with Gasteiger partial charge in [0.15, 0.2) is 0 Å². The summed E-state index contributed by atoms with van der Waals surface area (Å²) in [4.78, 5) is 24.2. The second kappa shape index (κ2) is 6.00. The van der Waals surface area contributed by atoms with Crippen molar-refractivity contribution in [2.24, 2.45) is 0 Å². The summed E-state index contributed by atoms with van der Waals surface area (Å²) in [7, 11) is 2.98. The Hall–Kier alpha value is -2.11. The number of aromatic hydroxyl groups is 1. The molecule has 5 nitrogen and oxygen atoms in total. The molecule has 6 heteroatoms. The highest BCUT2D eigenvalue weighted by atomic mass is 19.1. The lowest BCUT2D eigenvalue weighted by Gasteiger charge is -2.17. The van der Waals surface area contributed by atoms with Crippen molar-refractivity contribution in [1.82, 2.24) is 10.2 Å². The highest BCUT2D eigenvalue weighted by Crippen LogP contribution is 2.19. The van der Waals surface area contributed by atoms with Crippen LogP contribution in [0.1, 0.15) is 16.8 Å². The molecule has 0 unspecified atom stereocenters. The monoisotopic (exact) mass is 254 g/mol. The summed E-state index contributed by atoms with van der Waals surface area (Å²) in [5, 5.41) is 11.9. The molecule has 0 aliphatic carbocycles. The number of halogens is 1. The Morgan fingerprint density at radius 1 is 1.44 bits per heavy atom. The van der Waals surface area contributed by atoms with Crippen molar-refractivity contribution in [3.05, 3.63) is 29.6 Å². The molecule has 0 aliphatic rings. The molecule has 1 rings (SSSR count). The molecule has 0 saturated heterocycles. The molecule has 0 aromatic heterocycles. The van der Waals surface area contributed by atoms with E-state index < -0.39 is 11.7 Å². The predicted octanol–water partition coefficient (Wildman–Crippen LogP) is 0.739. The molecule has 0 fully saturated rings. The first-order valence-corrected chi connectivity index (χ1v) is 5.40. The summed E-state index contributed by atoms with van der Waals surface area (Å²) in [6.45, 7) is 0.189. The topological polar surface area (TPSA) is 69.6 Å². The molecule has 98 valence electrons. The maximum atomic E-state index is 13.0. The largest absolute Gasteiger partial charge is 0.507 e. The molecule has 2 N–H and O–H groups in total. The molecule has 18 heavy (non-hydrogen) atoms. The van der Waals surface area contributed by atoms with E-state index >= 15 is 0 Å². The van der Waals surface area contributed by atoms with E-state index in [9.17, 15) is 19.1 Å². The molecule has 0 aliphatic heterocycles. The fourth-order valence-corrected chi connectivity index (χ4v) is 1.38. The molecular weight excluding hydrogens is 239 g/mol. The number of carbonyl (C=O) groups excluding carboxylic acids is 2. The maximum absolute atomic E-state index is 13.0. The zero-order valence-corrected chi connectivity index (χ0v) is 10.2. The number of phenolic OH excluding ortho intramolecular Hbond substituents is 1. The molecule has 1 aromatic carbocycles. The predicted molar refractivity (Wildman–Crippen MR) is 63.7 cm³/mol. The van der Waals surface area contributed by atoms with Gasteiger partial charge in [0.2, 0.25) is 5.91 Å². The number of amides is 2. The molecule has 0 saturated carbocycles. The van der Waals surface area contributed by atoms with E-state index in [-0.39, 0.29) is 30.2 Å². The summed E-state index contributed by atoms with van der Waals surface area (Å²) < 4.78 is 13.0. The first-order valence-electron chi connectivity index (χ1n) is 5.40. The Morgan fingerprint density at radius 3 is 2.72 bits per heavy atom. The third-order valence-corrected chi connectivity index (χ3v) is 2.49. The fourth-order valence-electron chi connectivity index (χ4n) is 1.38. The number of carbonyl (C=O) groups is 2. The van der Waals surface area contributed by atoms with Gasteiger partial charge in [-0.25, -0.2) is 4.39 Å². The average molecular weight is 254 g/mol. The van der Waals surface area contributed by atoms with Gasteiger partial charge >= 0.3 is 0 Å². The van der Waals surface area contributed by atoms with Crippen LogP contribution < -0.4 is 5.32 Å². The first-order chi connectivity index (χ1) is 8.45. The maximum Gasteiger partial charge on any atom is 0.257 e. The van der Waals surface area contributed by atoms with Crippen molar-refractivity contribution in [3.8, 4) is 5.75 Å². The van der Waals surface area contributed by atoms with Crippen molar-refractivity contribution in [2.75, 3.05) is 20.6 Å². The number of nitrogens with one attached hydrogen (secondary N) is 1. The minimum absolute atomic E-state index is 0.116. The SMILES string of the molecule is CNC(=O)CCN(C)C(=O)c1cc(F)ccc1O. The van der Waals surface area contributed by atoms with Crippen molar-refractivity contribution in [3.63, 3.8) is 0 Å². The number of nitrogens with zero attached hydrogens (tertiary/aromatic N) is 1. The molecule has 0 heterocycles. The normalized spacial score (nSPS) is 9.94. The fraction of sp³-hybridized carbons (Fsp3) is 0.333. The van der Waals surface area contributed by atoms with Crippen molar-refractivity contribution >= 4 is 11.8 Å². The van der Waals surface area contributed by atoms with Gasteiger partial charge in [-0.15, -0.1) is 0 Å². The van der Waals surface area contributed by atoms with Crippen LogP contribution >= 0.6 is 0 Å². The van der Waals surface area contributed by atoms with E-state index in [4.69, 9.17) is 0 Å². The van der Waals surface area contributed by atoms with Gasteiger partial charge in [0.1, 0.15) is 11.6 Å². The smallest absolute Gasteiger partial charge is 0.257 e.